The predicted octanol–water partition coefficient (Wildman–Crippen LogP) is 14.4. The first-order chi connectivity index (χ1) is 33.9. The van der Waals surface area contributed by atoms with E-state index in [0.717, 1.165) is 35.1 Å². The van der Waals surface area contributed by atoms with Crippen LogP contribution in [0.4, 0.5) is 0 Å². The van der Waals surface area contributed by atoms with E-state index in [1.54, 1.807) is 0 Å². The maximum absolute atomic E-state index is 12.1. The molecule has 380 valence electrons. The third-order valence-electron chi connectivity index (χ3n) is 13.9. The first-order valence-electron chi connectivity index (χ1n) is 27.2. The van der Waals surface area contributed by atoms with Gasteiger partial charge < -0.3 is 38.3 Å². The van der Waals surface area contributed by atoms with Crippen molar-refractivity contribution >= 4 is 0 Å². The monoisotopic (exact) mass is 949 g/mol. The summed E-state index contributed by atoms with van der Waals surface area (Å²) in [5.74, 6) is -0.769. The van der Waals surface area contributed by atoms with Crippen molar-refractivity contribution in [3.8, 4) is 0 Å². The van der Waals surface area contributed by atoms with Crippen LogP contribution < -0.4 is 0 Å². The standard InChI is InChI=1S/C61H88O8/c1-4-5-6-7-8-9-10-11-12-13-14-15-16-17-18-19-32-41-55-57(69-61(2,3)68-55)53(62)42-43-54-58(64-45-50-35-26-21-27-36-50)60(66-47-52-39-30-23-31-40-52)59(65-46-51-37-28-22-29-38-51)56(67-54)48-63-44-49-33-24-20-25-34-49/h20-31,33-40,53-60,62H,4-19,32,41-48H2,1-3H3/t53-,54-,55-,56-,57+,58+,59+,60-/m1/s1. The SMILES string of the molecule is CCCCCCCCCCCCCCCCCCC[C@H]1OC(C)(C)O[C@H]1[C@H](O)CC[C@H]1O[C@H](COCc2ccccc2)[C@H](OCc2ccccc2)[C@H](OCc2ccccc2)[C@H]1OCc1ccccc1. The third kappa shape index (κ3) is 20.3. The molecule has 2 fully saturated rings. The van der Waals surface area contributed by atoms with Gasteiger partial charge in [-0.25, -0.2) is 0 Å². The Balaban J connectivity index is 1.07. The highest BCUT2D eigenvalue weighted by atomic mass is 16.8. The van der Waals surface area contributed by atoms with E-state index < -0.39 is 48.5 Å². The van der Waals surface area contributed by atoms with E-state index in [0.29, 0.717) is 45.9 Å². The highest BCUT2D eigenvalue weighted by Crippen LogP contribution is 2.37. The van der Waals surface area contributed by atoms with Gasteiger partial charge in [0.05, 0.1) is 51.3 Å². The van der Waals surface area contributed by atoms with Crippen molar-refractivity contribution in [2.45, 2.75) is 230 Å². The number of ether oxygens (including phenoxy) is 7. The number of hydrogen-bond donors (Lipinski definition) is 1. The molecule has 8 nitrogen and oxygen atoms in total. The summed E-state index contributed by atoms with van der Waals surface area (Å²) in [6, 6.07) is 40.9. The molecule has 0 saturated carbocycles. The molecule has 0 aliphatic carbocycles. The molecule has 2 heterocycles. The van der Waals surface area contributed by atoms with Gasteiger partial charge in [-0.15, -0.1) is 0 Å². The van der Waals surface area contributed by atoms with Gasteiger partial charge in [-0.3, -0.25) is 0 Å². The Morgan fingerprint density at radius 1 is 0.449 bits per heavy atom. The van der Waals surface area contributed by atoms with Crippen molar-refractivity contribution < 1.29 is 38.3 Å². The van der Waals surface area contributed by atoms with Crippen molar-refractivity contribution in [1.82, 2.24) is 0 Å². The van der Waals surface area contributed by atoms with Crippen LogP contribution in [0.2, 0.25) is 0 Å². The lowest BCUT2D eigenvalue weighted by atomic mass is 9.90. The van der Waals surface area contributed by atoms with Crippen LogP contribution >= 0.6 is 0 Å². The van der Waals surface area contributed by atoms with Gasteiger partial charge >= 0.3 is 0 Å². The minimum atomic E-state index is -0.769. The Labute approximate surface area is 417 Å². The van der Waals surface area contributed by atoms with Crippen LogP contribution in [0.25, 0.3) is 0 Å². The Hall–Kier alpha value is -3.44. The normalized spacial score (nSPS) is 22.8. The van der Waals surface area contributed by atoms with E-state index in [-0.39, 0.29) is 6.10 Å². The molecule has 2 aliphatic heterocycles. The van der Waals surface area contributed by atoms with Crippen LogP contribution in [0, 0.1) is 0 Å². The Kier molecular flexibility index (Phi) is 25.3. The van der Waals surface area contributed by atoms with E-state index in [1.807, 2.05) is 86.6 Å². The van der Waals surface area contributed by atoms with Crippen LogP contribution in [-0.2, 0) is 59.6 Å². The smallest absolute Gasteiger partial charge is 0.163 e. The average Bonchev–Trinajstić information content (AvgIpc) is 3.69. The van der Waals surface area contributed by atoms with Gasteiger partial charge in [-0.2, -0.15) is 0 Å². The quantitative estimate of drug-likeness (QED) is 0.0457. The summed E-state index contributed by atoms with van der Waals surface area (Å²) in [5.41, 5.74) is 4.25. The molecule has 2 saturated heterocycles. The fraction of sp³-hybridized carbons (Fsp3) is 0.607. The Morgan fingerprint density at radius 2 is 0.841 bits per heavy atom. The molecule has 0 bridgehead atoms. The molecule has 8 heteroatoms. The summed E-state index contributed by atoms with van der Waals surface area (Å²) in [6.07, 6.45) is 20.8. The summed E-state index contributed by atoms with van der Waals surface area (Å²) < 4.78 is 47.3. The molecule has 0 unspecified atom stereocenters. The molecule has 1 N–H and O–H groups in total. The molecule has 0 amide bonds. The zero-order valence-corrected chi connectivity index (χ0v) is 42.6. The van der Waals surface area contributed by atoms with Gasteiger partial charge in [0.25, 0.3) is 0 Å². The Bertz CT molecular complexity index is 1860. The van der Waals surface area contributed by atoms with Crippen molar-refractivity contribution in [2.24, 2.45) is 0 Å². The molecule has 2 aliphatic rings. The van der Waals surface area contributed by atoms with Crippen LogP contribution in [0.15, 0.2) is 121 Å². The number of aliphatic hydroxyl groups is 1. The largest absolute Gasteiger partial charge is 0.390 e. The topological polar surface area (TPSA) is 84.8 Å². The molecule has 69 heavy (non-hydrogen) atoms. The third-order valence-corrected chi connectivity index (χ3v) is 13.9. The fourth-order valence-electron chi connectivity index (χ4n) is 10.1. The predicted molar refractivity (Wildman–Crippen MR) is 278 cm³/mol. The van der Waals surface area contributed by atoms with E-state index in [1.165, 1.54) is 103 Å². The highest BCUT2D eigenvalue weighted by Gasteiger charge is 2.49. The minimum absolute atomic E-state index is 0.180. The second kappa shape index (κ2) is 31.8. The minimum Gasteiger partial charge on any atom is -0.390 e. The molecule has 0 spiro atoms. The number of hydrogen-bond acceptors (Lipinski definition) is 8. The number of benzene rings is 4. The second-order valence-corrected chi connectivity index (χ2v) is 20.2. The summed E-state index contributed by atoms with van der Waals surface area (Å²) in [7, 11) is 0. The lowest BCUT2D eigenvalue weighted by molar-refractivity contribution is -0.274. The number of unbranched alkanes of at least 4 members (excludes halogenated alkanes) is 16. The maximum Gasteiger partial charge on any atom is 0.163 e. The van der Waals surface area contributed by atoms with Gasteiger partial charge in [0.15, 0.2) is 5.79 Å². The average molecular weight is 949 g/mol. The first-order valence-corrected chi connectivity index (χ1v) is 27.2. The van der Waals surface area contributed by atoms with E-state index in [9.17, 15) is 5.11 Å². The zero-order chi connectivity index (χ0) is 48.2. The lowest BCUT2D eigenvalue weighted by Crippen LogP contribution is -2.61. The summed E-state index contributed by atoms with van der Waals surface area (Å²) in [6.45, 7) is 8.06. The number of aliphatic hydroxyl groups excluding tert-OH is 1. The summed E-state index contributed by atoms with van der Waals surface area (Å²) >= 11 is 0. The molecule has 4 aromatic carbocycles. The summed E-state index contributed by atoms with van der Waals surface area (Å²) in [5, 5.41) is 12.1. The molecular weight excluding hydrogens is 861 g/mol. The van der Waals surface area contributed by atoms with E-state index in [2.05, 4.69) is 55.5 Å². The van der Waals surface area contributed by atoms with Crippen molar-refractivity contribution in [1.29, 1.82) is 0 Å². The number of rotatable bonds is 35. The Morgan fingerprint density at radius 3 is 1.29 bits per heavy atom. The van der Waals surface area contributed by atoms with Crippen LogP contribution in [0.3, 0.4) is 0 Å². The molecule has 0 radical (unpaired) electrons. The van der Waals surface area contributed by atoms with E-state index >= 15 is 0 Å². The highest BCUT2D eigenvalue weighted by molar-refractivity contribution is 5.16. The molecule has 8 atom stereocenters. The molecule has 4 aromatic rings. The van der Waals surface area contributed by atoms with Crippen LogP contribution in [0.1, 0.15) is 171 Å². The zero-order valence-electron chi connectivity index (χ0n) is 42.6. The van der Waals surface area contributed by atoms with Gasteiger partial charge in [-0.05, 0) is 55.4 Å². The molecular formula is C61H88O8. The van der Waals surface area contributed by atoms with Gasteiger partial charge in [0.1, 0.15) is 30.5 Å². The van der Waals surface area contributed by atoms with Gasteiger partial charge in [0, 0.05) is 0 Å². The summed E-state index contributed by atoms with van der Waals surface area (Å²) in [4.78, 5) is 0. The lowest BCUT2D eigenvalue weighted by Gasteiger charge is -2.46. The first kappa shape index (κ1) is 54.9. The van der Waals surface area contributed by atoms with Crippen LogP contribution in [-0.4, -0.2) is 66.3 Å². The van der Waals surface area contributed by atoms with Gasteiger partial charge in [0.2, 0.25) is 0 Å². The van der Waals surface area contributed by atoms with E-state index in [4.69, 9.17) is 33.2 Å². The molecule has 6 rings (SSSR count). The van der Waals surface area contributed by atoms with Crippen LogP contribution in [0.5, 0.6) is 0 Å². The fourth-order valence-corrected chi connectivity index (χ4v) is 10.1. The van der Waals surface area contributed by atoms with Crippen molar-refractivity contribution in [3.05, 3.63) is 144 Å². The van der Waals surface area contributed by atoms with Crippen molar-refractivity contribution in [3.63, 3.8) is 0 Å². The van der Waals surface area contributed by atoms with Gasteiger partial charge in [-0.1, -0.05) is 237 Å². The maximum atomic E-state index is 12.1. The second-order valence-electron chi connectivity index (χ2n) is 20.2. The molecule has 0 aromatic heterocycles. The van der Waals surface area contributed by atoms with Crippen molar-refractivity contribution in [2.75, 3.05) is 6.61 Å².